The van der Waals surface area contributed by atoms with E-state index in [1.807, 2.05) is 12.3 Å². The van der Waals surface area contributed by atoms with Crippen molar-refractivity contribution < 1.29 is 0 Å². The number of aromatic nitrogens is 1. The molecule has 0 radical (unpaired) electrons. The van der Waals surface area contributed by atoms with Crippen molar-refractivity contribution in [1.82, 2.24) is 15.2 Å². The molecule has 0 bridgehead atoms. The van der Waals surface area contributed by atoms with E-state index >= 15 is 0 Å². The summed E-state index contributed by atoms with van der Waals surface area (Å²) in [7, 11) is 4.25. The first-order valence-corrected chi connectivity index (χ1v) is 8.18. The number of nitrogens with one attached hydrogen (secondary N) is 1. The van der Waals surface area contributed by atoms with Crippen LogP contribution in [0.15, 0.2) is 18.3 Å². The lowest BCUT2D eigenvalue weighted by atomic mass is 10.1. The minimum atomic E-state index is 0.344. The fourth-order valence-electron chi connectivity index (χ4n) is 2.47. The second-order valence-corrected chi connectivity index (χ2v) is 5.83. The van der Waals surface area contributed by atoms with Crippen molar-refractivity contribution in [2.45, 2.75) is 39.7 Å². The van der Waals surface area contributed by atoms with E-state index in [4.69, 9.17) is 0 Å². The molecule has 0 aliphatic rings. The summed E-state index contributed by atoms with van der Waals surface area (Å²) in [5, 5.41) is 3.57. The molecule has 1 unspecified atom stereocenters. The van der Waals surface area contributed by atoms with Crippen LogP contribution in [0.3, 0.4) is 0 Å². The quantitative estimate of drug-likeness (QED) is 0.718. The largest absolute Gasteiger partial charge is 0.357 e. The van der Waals surface area contributed by atoms with E-state index in [9.17, 15) is 0 Å². The van der Waals surface area contributed by atoms with Crippen LogP contribution in [-0.4, -0.2) is 50.2 Å². The molecule has 120 valence electrons. The van der Waals surface area contributed by atoms with Crippen LogP contribution in [0.5, 0.6) is 0 Å². The highest BCUT2D eigenvalue weighted by molar-refractivity contribution is 5.48. The molecule has 4 nitrogen and oxygen atoms in total. The molecule has 4 heteroatoms. The molecule has 1 aromatic rings. The van der Waals surface area contributed by atoms with Gasteiger partial charge in [0.1, 0.15) is 5.82 Å². The summed E-state index contributed by atoms with van der Waals surface area (Å²) in [5.41, 5.74) is 1.30. The molecule has 1 aromatic heterocycles. The maximum atomic E-state index is 4.65. The minimum absolute atomic E-state index is 0.344. The zero-order valence-corrected chi connectivity index (χ0v) is 14.4. The highest BCUT2D eigenvalue weighted by atomic mass is 15.2. The summed E-state index contributed by atoms with van der Waals surface area (Å²) in [6, 6.07) is 4.58. The van der Waals surface area contributed by atoms with Crippen molar-refractivity contribution in [3.05, 3.63) is 23.9 Å². The van der Waals surface area contributed by atoms with Gasteiger partial charge in [-0.3, -0.25) is 0 Å². The van der Waals surface area contributed by atoms with Gasteiger partial charge in [-0.25, -0.2) is 4.98 Å². The third-order valence-electron chi connectivity index (χ3n) is 3.70. The Morgan fingerprint density at radius 3 is 2.62 bits per heavy atom. The number of rotatable bonds is 10. The van der Waals surface area contributed by atoms with Gasteiger partial charge in [0.05, 0.1) is 0 Å². The molecule has 0 saturated heterocycles. The van der Waals surface area contributed by atoms with Gasteiger partial charge in [-0.05, 0) is 59.9 Å². The van der Waals surface area contributed by atoms with Gasteiger partial charge >= 0.3 is 0 Å². The molecule has 1 heterocycles. The van der Waals surface area contributed by atoms with Gasteiger partial charge in [-0.15, -0.1) is 0 Å². The van der Waals surface area contributed by atoms with E-state index in [-0.39, 0.29) is 0 Å². The topological polar surface area (TPSA) is 31.4 Å². The van der Waals surface area contributed by atoms with E-state index in [2.05, 4.69) is 61.0 Å². The predicted octanol–water partition coefficient (Wildman–Crippen LogP) is 2.92. The molecular formula is C17H32N4. The van der Waals surface area contributed by atoms with Crippen LogP contribution in [0, 0.1) is 0 Å². The third-order valence-corrected chi connectivity index (χ3v) is 3.70. The lowest BCUT2D eigenvalue weighted by molar-refractivity contribution is 0.400. The Labute approximate surface area is 130 Å². The van der Waals surface area contributed by atoms with Crippen LogP contribution in [-0.2, 0) is 0 Å². The molecule has 1 N–H and O–H groups in total. The fraction of sp³-hybridized carbons (Fsp3) is 0.706. The van der Waals surface area contributed by atoms with Crippen molar-refractivity contribution in [3.8, 4) is 0 Å². The molecule has 0 aromatic carbocycles. The second-order valence-electron chi connectivity index (χ2n) is 5.83. The maximum absolute atomic E-state index is 4.65. The molecular weight excluding hydrogens is 260 g/mol. The average molecular weight is 292 g/mol. The van der Waals surface area contributed by atoms with E-state index in [1.165, 1.54) is 5.56 Å². The van der Waals surface area contributed by atoms with Crippen LogP contribution in [0.4, 0.5) is 5.82 Å². The standard InChI is InChI=1S/C17H32N4/c1-6-11-18-15(3)16-10-8-12-19-17(16)21(7-2)14-9-13-20(4)5/h8,10,12,15,18H,6-7,9,11,13-14H2,1-5H3. The minimum Gasteiger partial charge on any atom is -0.357 e. The summed E-state index contributed by atoms with van der Waals surface area (Å²) >= 11 is 0. The molecule has 0 saturated carbocycles. The SMILES string of the molecule is CCCNC(C)c1cccnc1N(CC)CCCN(C)C. The Kier molecular flexibility index (Phi) is 8.31. The summed E-state index contributed by atoms with van der Waals surface area (Å²) < 4.78 is 0. The highest BCUT2D eigenvalue weighted by Gasteiger charge is 2.15. The zero-order valence-electron chi connectivity index (χ0n) is 14.4. The fourth-order valence-corrected chi connectivity index (χ4v) is 2.47. The molecule has 0 spiro atoms. The summed E-state index contributed by atoms with van der Waals surface area (Å²) in [5.74, 6) is 1.13. The first-order valence-electron chi connectivity index (χ1n) is 8.18. The lowest BCUT2D eigenvalue weighted by Crippen LogP contribution is -2.30. The van der Waals surface area contributed by atoms with Gasteiger partial charge in [0.25, 0.3) is 0 Å². The van der Waals surface area contributed by atoms with E-state index in [0.717, 1.165) is 44.8 Å². The second kappa shape index (κ2) is 9.74. The Balaban J connectivity index is 2.78. The Hall–Kier alpha value is -1.13. The number of anilines is 1. The van der Waals surface area contributed by atoms with Crippen molar-refractivity contribution in [2.24, 2.45) is 0 Å². The average Bonchev–Trinajstić information content (AvgIpc) is 2.49. The zero-order chi connectivity index (χ0) is 15.7. The van der Waals surface area contributed by atoms with Crippen molar-refractivity contribution in [1.29, 1.82) is 0 Å². The Bertz CT molecular complexity index is 392. The van der Waals surface area contributed by atoms with Gasteiger partial charge in [-0.1, -0.05) is 13.0 Å². The van der Waals surface area contributed by atoms with Crippen LogP contribution < -0.4 is 10.2 Å². The molecule has 1 atom stereocenters. The van der Waals surface area contributed by atoms with Crippen molar-refractivity contribution >= 4 is 5.82 Å². The third kappa shape index (κ3) is 6.02. The van der Waals surface area contributed by atoms with Crippen LogP contribution in [0.2, 0.25) is 0 Å². The maximum Gasteiger partial charge on any atom is 0.133 e. The van der Waals surface area contributed by atoms with Gasteiger partial charge in [0, 0.05) is 30.9 Å². The summed E-state index contributed by atoms with van der Waals surface area (Å²) in [6.45, 7) is 10.8. The normalized spacial score (nSPS) is 12.7. The highest BCUT2D eigenvalue weighted by Crippen LogP contribution is 2.23. The van der Waals surface area contributed by atoms with E-state index in [1.54, 1.807) is 0 Å². The molecule has 1 rings (SSSR count). The monoisotopic (exact) mass is 292 g/mol. The van der Waals surface area contributed by atoms with E-state index in [0.29, 0.717) is 6.04 Å². The van der Waals surface area contributed by atoms with Gasteiger partial charge in [-0.2, -0.15) is 0 Å². The Morgan fingerprint density at radius 1 is 1.24 bits per heavy atom. The molecule has 0 aliphatic carbocycles. The number of nitrogens with zero attached hydrogens (tertiary/aromatic N) is 3. The van der Waals surface area contributed by atoms with Gasteiger partial charge < -0.3 is 15.1 Å². The smallest absolute Gasteiger partial charge is 0.133 e. The molecule has 0 fully saturated rings. The lowest BCUT2D eigenvalue weighted by Gasteiger charge is -2.27. The van der Waals surface area contributed by atoms with Crippen molar-refractivity contribution in [2.75, 3.05) is 45.2 Å². The molecule has 0 aliphatic heterocycles. The van der Waals surface area contributed by atoms with Crippen LogP contribution in [0.1, 0.15) is 45.2 Å². The first-order chi connectivity index (χ1) is 10.1. The molecule has 0 amide bonds. The van der Waals surface area contributed by atoms with Crippen molar-refractivity contribution in [3.63, 3.8) is 0 Å². The number of pyridine rings is 1. The first kappa shape index (κ1) is 17.9. The summed E-state index contributed by atoms with van der Waals surface area (Å²) in [4.78, 5) is 9.28. The van der Waals surface area contributed by atoms with Crippen LogP contribution >= 0.6 is 0 Å². The predicted molar refractivity (Wildman–Crippen MR) is 92.0 cm³/mol. The molecule has 21 heavy (non-hydrogen) atoms. The number of hydrogen-bond donors (Lipinski definition) is 1. The Morgan fingerprint density at radius 2 is 2.00 bits per heavy atom. The van der Waals surface area contributed by atoms with Gasteiger partial charge in [0.15, 0.2) is 0 Å². The number of hydrogen-bond acceptors (Lipinski definition) is 4. The van der Waals surface area contributed by atoms with Crippen LogP contribution in [0.25, 0.3) is 0 Å². The summed E-state index contributed by atoms with van der Waals surface area (Å²) in [6.07, 6.45) is 4.22. The van der Waals surface area contributed by atoms with Gasteiger partial charge in [0.2, 0.25) is 0 Å². The van der Waals surface area contributed by atoms with E-state index < -0.39 is 0 Å².